The summed E-state index contributed by atoms with van der Waals surface area (Å²) in [5, 5.41) is 0. The van der Waals surface area contributed by atoms with Crippen LogP contribution in [0.15, 0.2) is 42.5 Å². The molecule has 2 aromatic rings. The Hall–Kier alpha value is -3.15. The van der Waals surface area contributed by atoms with Gasteiger partial charge in [-0.1, -0.05) is 51.2 Å². The van der Waals surface area contributed by atoms with Gasteiger partial charge in [0.15, 0.2) is 5.78 Å². The number of benzene rings is 2. The first kappa shape index (κ1) is 27.1. The minimum atomic E-state index is -0.474. The van der Waals surface area contributed by atoms with Crippen molar-refractivity contribution in [3.05, 3.63) is 64.7 Å². The van der Waals surface area contributed by atoms with Gasteiger partial charge in [0.1, 0.15) is 5.75 Å². The van der Waals surface area contributed by atoms with Crippen LogP contribution >= 0.6 is 0 Å². The number of unbranched alkanes of at least 4 members (excludes halogenated alkanes) is 5. The van der Waals surface area contributed by atoms with Crippen LogP contribution in [-0.4, -0.2) is 37.5 Å². The molecule has 0 amide bonds. The van der Waals surface area contributed by atoms with Crippen molar-refractivity contribution >= 4 is 17.7 Å². The van der Waals surface area contributed by atoms with E-state index in [9.17, 15) is 14.4 Å². The lowest BCUT2D eigenvalue weighted by Gasteiger charge is -2.13. The molecule has 0 spiro atoms. The van der Waals surface area contributed by atoms with E-state index in [4.69, 9.17) is 14.2 Å². The summed E-state index contributed by atoms with van der Waals surface area (Å²) < 4.78 is 16.1. The molecule has 0 aliphatic heterocycles. The maximum Gasteiger partial charge on any atom is 0.338 e. The Balaban J connectivity index is 2.16. The Bertz CT molecular complexity index is 950. The van der Waals surface area contributed by atoms with E-state index in [2.05, 4.69) is 6.92 Å². The molecule has 0 N–H and O–H groups in total. The molecule has 0 unspecified atom stereocenters. The molecule has 0 aliphatic rings. The van der Waals surface area contributed by atoms with Crippen molar-refractivity contribution in [1.82, 2.24) is 0 Å². The molecule has 0 aliphatic carbocycles. The maximum atomic E-state index is 13.1. The molecule has 0 fully saturated rings. The lowest BCUT2D eigenvalue weighted by molar-refractivity contribution is -0.142. The average Bonchev–Trinajstić information content (AvgIpc) is 2.84. The van der Waals surface area contributed by atoms with Crippen molar-refractivity contribution in [3.63, 3.8) is 0 Å². The number of ketones is 1. The Morgan fingerprint density at radius 3 is 2.15 bits per heavy atom. The molecule has 0 bridgehead atoms. The summed E-state index contributed by atoms with van der Waals surface area (Å²) in [6.07, 6.45) is 6.94. The second kappa shape index (κ2) is 14.9. The minimum absolute atomic E-state index is 0.0175. The number of esters is 2. The van der Waals surface area contributed by atoms with Gasteiger partial charge in [0.25, 0.3) is 0 Å². The predicted molar refractivity (Wildman–Crippen MR) is 131 cm³/mol. The molecule has 0 saturated heterocycles. The van der Waals surface area contributed by atoms with Crippen LogP contribution in [0.25, 0.3) is 0 Å². The first-order valence-electron chi connectivity index (χ1n) is 12.2. The summed E-state index contributed by atoms with van der Waals surface area (Å²) in [6.45, 7) is 6.77. The highest BCUT2D eigenvalue weighted by atomic mass is 16.5. The lowest BCUT2D eigenvalue weighted by atomic mass is 9.98. The molecule has 6 heteroatoms. The summed E-state index contributed by atoms with van der Waals surface area (Å²) in [5.74, 6) is -0.517. The van der Waals surface area contributed by atoms with Gasteiger partial charge in [0.2, 0.25) is 0 Å². The van der Waals surface area contributed by atoms with Crippen LogP contribution in [0.5, 0.6) is 5.75 Å². The third kappa shape index (κ3) is 8.65. The molecular formula is C28H36O6. The minimum Gasteiger partial charge on any atom is -0.493 e. The van der Waals surface area contributed by atoms with E-state index in [1.165, 1.54) is 31.7 Å². The summed E-state index contributed by atoms with van der Waals surface area (Å²) in [4.78, 5) is 37.3. The molecule has 2 aromatic carbocycles. The van der Waals surface area contributed by atoms with Crippen LogP contribution in [0.3, 0.4) is 0 Å². The number of ether oxygens (including phenoxy) is 3. The summed E-state index contributed by atoms with van der Waals surface area (Å²) in [5.41, 5.74) is 1.70. The highest BCUT2D eigenvalue weighted by Gasteiger charge is 2.17. The third-order valence-corrected chi connectivity index (χ3v) is 5.35. The predicted octanol–water partition coefficient (Wildman–Crippen LogP) is 5.94. The Morgan fingerprint density at radius 2 is 1.41 bits per heavy atom. The number of hydrogen-bond donors (Lipinski definition) is 0. The molecule has 0 saturated carbocycles. The average molecular weight is 469 g/mol. The van der Waals surface area contributed by atoms with Gasteiger partial charge in [0, 0.05) is 16.7 Å². The summed E-state index contributed by atoms with van der Waals surface area (Å²) in [7, 11) is 0. The fourth-order valence-electron chi connectivity index (χ4n) is 3.60. The molecular weight excluding hydrogens is 432 g/mol. The topological polar surface area (TPSA) is 78.9 Å². The van der Waals surface area contributed by atoms with Gasteiger partial charge < -0.3 is 14.2 Å². The van der Waals surface area contributed by atoms with Gasteiger partial charge in [-0.2, -0.15) is 0 Å². The van der Waals surface area contributed by atoms with Crippen LogP contribution in [-0.2, 0) is 20.7 Å². The van der Waals surface area contributed by atoms with Gasteiger partial charge in [0.05, 0.1) is 31.8 Å². The van der Waals surface area contributed by atoms with Crippen LogP contribution in [0, 0.1) is 0 Å². The van der Waals surface area contributed by atoms with E-state index < -0.39 is 5.97 Å². The second-order valence-electron chi connectivity index (χ2n) is 8.05. The Labute approximate surface area is 202 Å². The maximum absolute atomic E-state index is 13.1. The molecule has 34 heavy (non-hydrogen) atoms. The first-order chi connectivity index (χ1) is 16.5. The molecule has 0 aromatic heterocycles. The van der Waals surface area contributed by atoms with E-state index in [0.29, 0.717) is 34.6 Å². The van der Waals surface area contributed by atoms with Gasteiger partial charge >= 0.3 is 11.9 Å². The lowest BCUT2D eigenvalue weighted by Crippen LogP contribution is -2.11. The number of carbonyl (C=O) groups is 3. The van der Waals surface area contributed by atoms with Crippen molar-refractivity contribution in [1.29, 1.82) is 0 Å². The van der Waals surface area contributed by atoms with Gasteiger partial charge in [-0.3, -0.25) is 9.59 Å². The molecule has 2 rings (SSSR count). The molecule has 0 atom stereocenters. The fraction of sp³-hybridized carbons (Fsp3) is 0.464. The molecule has 0 heterocycles. The number of carbonyl (C=O) groups excluding carboxylic acids is 3. The first-order valence-corrected chi connectivity index (χ1v) is 12.2. The van der Waals surface area contributed by atoms with Crippen molar-refractivity contribution in [2.75, 3.05) is 19.8 Å². The smallest absolute Gasteiger partial charge is 0.338 e. The highest BCUT2D eigenvalue weighted by molar-refractivity contribution is 6.10. The van der Waals surface area contributed by atoms with E-state index in [1.807, 2.05) is 0 Å². The summed E-state index contributed by atoms with van der Waals surface area (Å²) in [6, 6.07) is 11.5. The molecule has 0 radical (unpaired) electrons. The van der Waals surface area contributed by atoms with Crippen molar-refractivity contribution in [2.45, 2.75) is 65.7 Å². The van der Waals surface area contributed by atoms with Crippen LogP contribution in [0.2, 0.25) is 0 Å². The fourth-order valence-corrected chi connectivity index (χ4v) is 3.60. The summed E-state index contributed by atoms with van der Waals surface area (Å²) >= 11 is 0. The van der Waals surface area contributed by atoms with Crippen molar-refractivity contribution in [2.24, 2.45) is 0 Å². The zero-order valence-electron chi connectivity index (χ0n) is 20.6. The highest BCUT2D eigenvalue weighted by Crippen LogP contribution is 2.24. The zero-order chi connectivity index (χ0) is 24.8. The van der Waals surface area contributed by atoms with Crippen LogP contribution < -0.4 is 4.74 Å². The Morgan fingerprint density at radius 1 is 0.735 bits per heavy atom. The molecule has 184 valence electrons. The van der Waals surface area contributed by atoms with Crippen LogP contribution in [0.4, 0.5) is 0 Å². The van der Waals surface area contributed by atoms with Crippen molar-refractivity contribution < 1.29 is 28.6 Å². The van der Waals surface area contributed by atoms with Crippen molar-refractivity contribution in [3.8, 4) is 5.75 Å². The molecule has 6 nitrogen and oxygen atoms in total. The van der Waals surface area contributed by atoms with Gasteiger partial charge in [-0.05, 0) is 50.6 Å². The van der Waals surface area contributed by atoms with Gasteiger partial charge in [-0.25, -0.2) is 4.79 Å². The standard InChI is InChI=1S/C28H36O6/c1-4-7-8-9-10-11-17-34-25-16-15-22(19-24(25)20-26(29)32-5-2)27(30)21-13-12-14-23(18-21)28(31)33-6-3/h12-16,18-19H,4-11,17,20H2,1-3H3. The largest absolute Gasteiger partial charge is 0.493 e. The van der Waals surface area contributed by atoms with Crippen LogP contribution in [0.1, 0.15) is 91.1 Å². The van der Waals surface area contributed by atoms with Gasteiger partial charge in [-0.15, -0.1) is 0 Å². The third-order valence-electron chi connectivity index (χ3n) is 5.35. The SMILES string of the molecule is CCCCCCCCOc1ccc(C(=O)c2cccc(C(=O)OCC)c2)cc1CC(=O)OCC. The normalized spacial score (nSPS) is 10.6. The van der Waals surface area contributed by atoms with E-state index in [-0.39, 0.29) is 31.4 Å². The van der Waals surface area contributed by atoms with E-state index in [1.54, 1.807) is 50.2 Å². The number of rotatable bonds is 15. The van der Waals surface area contributed by atoms with E-state index >= 15 is 0 Å². The Kier molecular flexibility index (Phi) is 11.9. The monoisotopic (exact) mass is 468 g/mol. The van der Waals surface area contributed by atoms with E-state index in [0.717, 1.165) is 12.8 Å². The zero-order valence-corrected chi connectivity index (χ0v) is 20.6. The second-order valence-corrected chi connectivity index (χ2v) is 8.05. The quantitative estimate of drug-likeness (QED) is 0.183. The number of hydrogen-bond acceptors (Lipinski definition) is 6.